The van der Waals surface area contributed by atoms with Gasteiger partial charge in [-0.15, -0.1) is 0 Å². The topological polar surface area (TPSA) is 59.6 Å². The van der Waals surface area contributed by atoms with E-state index in [2.05, 4.69) is 10.6 Å². The molecule has 0 radical (unpaired) electrons. The Morgan fingerprint density at radius 3 is 2.29 bits per heavy atom. The van der Waals surface area contributed by atoms with Crippen LogP contribution in [0.15, 0.2) is 36.4 Å². The fourth-order valence-electron chi connectivity index (χ4n) is 2.48. The number of ether oxygens (including phenoxy) is 2. The van der Waals surface area contributed by atoms with Gasteiger partial charge in [0.15, 0.2) is 11.5 Å². The van der Waals surface area contributed by atoms with Crippen LogP contribution in [0.3, 0.4) is 0 Å². The van der Waals surface area contributed by atoms with Crippen LogP contribution in [0, 0.1) is 13.8 Å². The van der Waals surface area contributed by atoms with Crippen molar-refractivity contribution in [2.45, 2.75) is 20.3 Å². The zero-order valence-electron chi connectivity index (χ0n) is 14.6. The van der Waals surface area contributed by atoms with Crippen molar-refractivity contribution in [3.63, 3.8) is 0 Å². The molecule has 2 N–H and O–H groups in total. The summed E-state index contributed by atoms with van der Waals surface area (Å²) in [6.07, 6.45) is 0.377. The second-order valence-corrected chi connectivity index (χ2v) is 5.56. The number of para-hydroxylation sites is 1. The molecule has 0 unspecified atom stereocenters. The first-order valence-corrected chi connectivity index (χ1v) is 7.87. The van der Waals surface area contributed by atoms with E-state index in [0.717, 1.165) is 22.5 Å². The Balaban J connectivity index is 1.89. The molecular weight excluding hydrogens is 304 g/mol. The maximum atomic E-state index is 12.1. The van der Waals surface area contributed by atoms with Gasteiger partial charge in [-0.25, -0.2) is 0 Å². The number of benzene rings is 2. The van der Waals surface area contributed by atoms with Gasteiger partial charge < -0.3 is 20.1 Å². The second kappa shape index (κ2) is 8.24. The lowest BCUT2D eigenvalue weighted by atomic mass is 10.1. The molecule has 2 aromatic carbocycles. The third kappa shape index (κ3) is 4.41. The first-order valence-electron chi connectivity index (χ1n) is 7.87. The van der Waals surface area contributed by atoms with Crippen molar-refractivity contribution in [3.05, 3.63) is 47.5 Å². The summed E-state index contributed by atoms with van der Waals surface area (Å²) >= 11 is 0. The van der Waals surface area contributed by atoms with E-state index in [1.54, 1.807) is 14.2 Å². The van der Waals surface area contributed by atoms with Crippen LogP contribution in [-0.2, 0) is 4.79 Å². The number of aryl methyl sites for hydroxylation is 2. The minimum absolute atomic E-state index is 0.0135. The van der Waals surface area contributed by atoms with E-state index in [9.17, 15) is 4.79 Å². The van der Waals surface area contributed by atoms with E-state index >= 15 is 0 Å². The van der Waals surface area contributed by atoms with Gasteiger partial charge in [0.25, 0.3) is 0 Å². The van der Waals surface area contributed by atoms with Crippen molar-refractivity contribution in [1.29, 1.82) is 0 Å². The molecule has 5 nitrogen and oxygen atoms in total. The highest BCUT2D eigenvalue weighted by Crippen LogP contribution is 2.29. The summed E-state index contributed by atoms with van der Waals surface area (Å²) in [6, 6.07) is 11.5. The third-order valence-electron chi connectivity index (χ3n) is 3.81. The van der Waals surface area contributed by atoms with Gasteiger partial charge in [0.2, 0.25) is 5.91 Å². The Morgan fingerprint density at radius 2 is 1.67 bits per heavy atom. The van der Waals surface area contributed by atoms with Gasteiger partial charge in [0.1, 0.15) is 0 Å². The minimum atomic E-state index is -0.0135. The summed E-state index contributed by atoms with van der Waals surface area (Å²) in [7, 11) is 3.20. The molecule has 0 bridgehead atoms. The molecule has 0 saturated heterocycles. The van der Waals surface area contributed by atoms with Crippen LogP contribution < -0.4 is 20.1 Å². The van der Waals surface area contributed by atoms with Crippen LogP contribution in [0.2, 0.25) is 0 Å². The molecule has 2 aromatic rings. The van der Waals surface area contributed by atoms with Crippen LogP contribution >= 0.6 is 0 Å². The van der Waals surface area contributed by atoms with E-state index < -0.39 is 0 Å². The normalized spacial score (nSPS) is 10.2. The van der Waals surface area contributed by atoms with Gasteiger partial charge >= 0.3 is 0 Å². The monoisotopic (exact) mass is 328 g/mol. The van der Waals surface area contributed by atoms with Gasteiger partial charge in [0, 0.05) is 30.4 Å². The van der Waals surface area contributed by atoms with Crippen LogP contribution in [0.4, 0.5) is 11.4 Å². The van der Waals surface area contributed by atoms with Crippen molar-refractivity contribution in [2.24, 2.45) is 0 Å². The van der Waals surface area contributed by atoms with Gasteiger partial charge in [0.05, 0.1) is 14.2 Å². The van der Waals surface area contributed by atoms with Crippen molar-refractivity contribution in [3.8, 4) is 11.5 Å². The average Bonchev–Trinajstić information content (AvgIpc) is 2.58. The standard InChI is InChI=1S/C19H24N2O3/c1-13-6-5-7-14(2)19(13)21-18(22)10-11-20-15-8-9-16(23-3)17(12-15)24-4/h5-9,12,20H,10-11H2,1-4H3,(H,21,22). The van der Waals surface area contributed by atoms with Gasteiger partial charge in [-0.05, 0) is 37.1 Å². The van der Waals surface area contributed by atoms with Crippen molar-refractivity contribution in [2.75, 3.05) is 31.4 Å². The number of carbonyl (C=O) groups excluding carboxylic acids is 1. The van der Waals surface area contributed by atoms with Crippen molar-refractivity contribution in [1.82, 2.24) is 0 Å². The Labute approximate surface area is 143 Å². The van der Waals surface area contributed by atoms with Gasteiger partial charge in [-0.2, -0.15) is 0 Å². The summed E-state index contributed by atoms with van der Waals surface area (Å²) in [4.78, 5) is 12.1. The lowest BCUT2D eigenvalue weighted by Crippen LogP contribution is -2.17. The average molecular weight is 328 g/mol. The van der Waals surface area contributed by atoms with Crippen LogP contribution in [0.25, 0.3) is 0 Å². The zero-order valence-corrected chi connectivity index (χ0v) is 14.6. The Kier molecular flexibility index (Phi) is 6.07. The number of methoxy groups -OCH3 is 2. The van der Waals surface area contributed by atoms with Gasteiger partial charge in [-0.1, -0.05) is 18.2 Å². The summed E-state index contributed by atoms with van der Waals surface area (Å²) in [6.45, 7) is 4.52. The number of amides is 1. The highest BCUT2D eigenvalue weighted by atomic mass is 16.5. The lowest BCUT2D eigenvalue weighted by molar-refractivity contribution is -0.115. The maximum absolute atomic E-state index is 12.1. The molecule has 0 aliphatic rings. The molecule has 128 valence electrons. The molecule has 0 fully saturated rings. The molecule has 0 atom stereocenters. The number of anilines is 2. The molecular formula is C19H24N2O3. The van der Waals surface area contributed by atoms with Crippen molar-refractivity contribution < 1.29 is 14.3 Å². The minimum Gasteiger partial charge on any atom is -0.493 e. The molecule has 0 aromatic heterocycles. The SMILES string of the molecule is COc1ccc(NCCC(=O)Nc2c(C)cccc2C)cc1OC. The fraction of sp³-hybridized carbons (Fsp3) is 0.316. The molecule has 0 saturated carbocycles. The molecule has 1 amide bonds. The lowest BCUT2D eigenvalue weighted by Gasteiger charge is -2.13. The number of carbonyl (C=O) groups is 1. The number of rotatable bonds is 7. The largest absolute Gasteiger partial charge is 0.493 e. The molecule has 5 heteroatoms. The predicted molar refractivity (Wildman–Crippen MR) is 97.2 cm³/mol. The zero-order chi connectivity index (χ0) is 17.5. The highest BCUT2D eigenvalue weighted by molar-refractivity contribution is 5.92. The smallest absolute Gasteiger partial charge is 0.226 e. The summed E-state index contributed by atoms with van der Waals surface area (Å²) in [5, 5.41) is 6.20. The van der Waals surface area contributed by atoms with Crippen molar-refractivity contribution >= 4 is 17.3 Å². The second-order valence-electron chi connectivity index (χ2n) is 5.56. The first-order chi connectivity index (χ1) is 11.5. The quantitative estimate of drug-likeness (QED) is 0.812. The Morgan fingerprint density at radius 1 is 1.00 bits per heavy atom. The van der Waals surface area contributed by atoms with E-state index in [1.807, 2.05) is 50.2 Å². The third-order valence-corrected chi connectivity index (χ3v) is 3.81. The number of hydrogen-bond acceptors (Lipinski definition) is 4. The summed E-state index contributed by atoms with van der Waals surface area (Å²) < 4.78 is 10.5. The molecule has 0 aliphatic heterocycles. The van der Waals surface area contributed by atoms with Crippen LogP contribution in [0.5, 0.6) is 11.5 Å². The van der Waals surface area contributed by atoms with E-state index in [1.165, 1.54) is 0 Å². The molecule has 0 heterocycles. The fourth-order valence-corrected chi connectivity index (χ4v) is 2.48. The van der Waals surface area contributed by atoms with E-state index in [0.29, 0.717) is 24.5 Å². The highest BCUT2D eigenvalue weighted by Gasteiger charge is 2.08. The predicted octanol–water partition coefficient (Wildman–Crippen LogP) is 3.76. The van der Waals surface area contributed by atoms with Crippen LogP contribution in [0.1, 0.15) is 17.5 Å². The summed E-state index contributed by atoms with van der Waals surface area (Å²) in [5.74, 6) is 1.32. The molecule has 0 aliphatic carbocycles. The molecule has 0 spiro atoms. The number of nitrogens with one attached hydrogen (secondary N) is 2. The Hall–Kier alpha value is -2.69. The summed E-state index contributed by atoms with van der Waals surface area (Å²) in [5.41, 5.74) is 3.91. The Bertz CT molecular complexity index is 694. The van der Waals surface area contributed by atoms with Crippen LogP contribution in [-0.4, -0.2) is 26.7 Å². The molecule has 24 heavy (non-hydrogen) atoms. The van der Waals surface area contributed by atoms with E-state index in [-0.39, 0.29) is 5.91 Å². The maximum Gasteiger partial charge on any atom is 0.226 e. The number of hydrogen-bond donors (Lipinski definition) is 2. The first kappa shape index (κ1) is 17.7. The van der Waals surface area contributed by atoms with Gasteiger partial charge in [-0.3, -0.25) is 4.79 Å². The molecule has 2 rings (SSSR count). The van der Waals surface area contributed by atoms with E-state index in [4.69, 9.17) is 9.47 Å².